The molecule has 0 saturated carbocycles. The summed E-state index contributed by atoms with van der Waals surface area (Å²) in [6.07, 6.45) is 4.72. The first-order chi connectivity index (χ1) is 9.63. The maximum Gasteiger partial charge on any atom is 0.326 e. The number of ether oxygens (including phenoxy) is 1. The first-order valence-electron chi connectivity index (χ1n) is 6.97. The zero-order valence-electron chi connectivity index (χ0n) is 11.9. The molecule has 3 N–H and O–H groups in total. The van der Waals surface area contributed by atoms with E-state index in [4.69, 9.17) is 9.84 Å². The van der Waals surface area contributed by atoms with Gasteiger partial charge in [-0.3, -0.25) is 4.79 Å². The summed E-state index contributed by atoms with van der Waals surface area (Å²) in [5.41, 5.74) is 0. The van der Waals surface area contributed by atoms with Crippen LogP contribution >= 0.6 is 11.8 Å². The van der Waals surface area contributed by atoms with E-state index in [1.54, 1.807) is 11.8 Å². The fourth-order valence-electron chi connectivity index (χ4n) is 2.04. The number of carboxylic acids is 1. The lowest BCUT2D eigenvalue weighted by Gasteiger charge is -2.23. The van der Waals surface area contributed by atoms with Gasteiger partial charge in [0.25, 0.3) is 0 Å². The predicted octanol–water partition coefficient (Wildman–Crippen LogP) is 0.468. The molecule has 7 heteroatoms. The molecular formula is C13H24N2O4S. The maximum atomic E-state index is 11.7. The molecule has 0 bridgehead atoms. The van der Waals surface area contributed by atoms with Crippen molar-refractivity contribution >= 4 is 23.6 Å². The highest BCUT2D eigenvalue weighted by Crippen LogP contribution is 2.07. The lowest BCUT2D eigenvalue weighted by atomic mass is 10.1. The van der Waals surface area contributed by atoms with Crippen molar-refractivity contribution in [2.45, 2.75) is 37.8 Å². The minimum absolute atomic E-state index is 0.215. The van der Waals surface area contributed by atoms with Gasteiger partial charge >= 0.3 is 5.97 Å². The molecule has 20 heavy (non-hydrogen) atoms. The average Bonchev–Trinajstić information content (AvgIpc) is 2.44. The molecule has 0 aliphatic carbocycles. The average molecular weight is 304 g/mol. The fraction of sp³-hybridized carbons (Fsp3) is 0.846. The molecule has 116 valence electrons. The number of aliphatic carboxylic acids is 1. The van der Waals surface area contributed by atoms with Crippen molar-refractivity contribution < 1.29 is 19.4 Å². The number of thioether (sulfide) groups is 1. The molecule has 0 radical (unpaired) electrons. The quantitative estimate of drug-likeness (QED) is 0.574. The Morgan fingerprint density at radius 1 is 1.45 bits per heavy atom. The van der Waals surface area contributed by atoms with E-state index in [-0.39, 0.29) is 18.4 Å². The molecular weight excluding hydrogens is 280 g/mol. The SMILES string of the molecule is CSCC[C@H](NC(=O)CCOC1CCNCC1)C(=O)O. The van der Waals surface area contributed by atoms with Crippen LogP contribution in [0.15, 0.2) is 0 Å². The zero-order valence-corrected chi connectivity index (χ0v) is 12.7. The van der Waals surface area contributed by atoms with Gasteiger partial charge in [0.1, 0.15) is 6.04 Å². The highest BCUT2D eigenvalue weighted by molar-refractivity contribution is 7.98. The summed E-state index contributed by atoms with van der Waals surface area (Å²) < 4.78 is 5.62. The summed E-state index contributed by atoms with van der Waals surface area (Å²) in [4.78, 5) is 22.7. The second kappa shape index (κ2) is 10.0. The molecule has 0 aromatic heterocycles. The van der Waals surface area contributed by atoms with Crippen molar-refractivity contribution in [3.8, 4) is 0 Å². The molecule has 1 amide bonds. The summed E-state index contributed by atoms with van der Waals surface area (Å²) in [5.74, 6) is -0.526. The Kier molecular flexibility index (Phi) is 8.64. The number of hydrogen-bond donors (Lipinski definition) is 3. The van der Waals surface area contributed by atoms with Crippen LogP contribution in [0.5, 0.6) is 0 Å². The van der Waals surface area contributed by atoms with Crippen LogP contribution in [0.3, 0.4) is 0 Å². The molecule has 0 spiro atoms. The molecule has 1 fully saturated rings. The Hall–Kier alpha value is -0.790. The molecule has 0 aromatic carbocycles. The van der Waals surface area contributed by atoms with Crippen LogP contribution < -0.4 is 10.6 Å². The number of hydrogen-bond acceptors (Lipinski definition) is 5. The second-order valence-electron chi connectivity index (χ2n) is 4.81. The Bertz CT molecular complexity index is 309. The fourth-order valence-corrected chi connectivity index (χ4v) is 2.51. The third-order valence-corrected chi connectivity index (χ3v) is 3.86. The Labute approximate surface area is 124 Å². The lowest BCUT2D eigenvalue weighted by Crippen LogP contribution is -2.41. The highest BCUT2D eigenvalue weighted by Gasteiger charge is 2.19. The molecule has 0 unspecified atom stereocenters. The van der Waals surface area contributed by atoms with Crippen LogP contribution in [0.25, 0.3) is 0 Å². The smallest absolute Gasteiger partial charge is 0.326 e. The number of carbonyl (C=O) groups is 2. The van der Waals surface area contributed by atoms with E-state index in [0.717, 1.165) is 25.9 Å². The Morgan fingerprint density at radius 2 is 2.15 bits per heavy atom. The van der Waals surface area contributed by atoms with Crippen LogP contribution in [-0.2, 0) is 14.3 Å². The third kappa shape index (κ3) is 7.12. The summed E-state index contributed by atoms with van der Waals surface area (Å²) in [6, 6.07) is -0.797. The van der Waals surface area contributed by atoms with Gasteiger partial charge in [-0.1, -0.05) is 0 Å². The molecule has 6 nitrogen and oxygen atoms in total. The zero-order chi connectivity index (χ0) is 14.8. The Balaban J connectivity index is 2.18. The van der Waals surface area contributed by atoms with Crippen LogP contribution in [0, 0.1) is 0 Å². The van der Waals surface area contributed by atoms with Gasteiger partial charge in [-0.2, -0.15) is 11.8 Å². The number of amides is 1. The summed E-state index contributed by atoms with van der Waals surface area (Å²) >= 11 is 1.57. The number of carbonyl (C=O) groups excluding carboxylic acids is 1. The van der Waals surface area contributed by atoms with Gasteiger partial charge in [0, 0.05) is 6.42 Å². The summed E-state index contributed by atoms with van der Waals surface area (Å²) in [7, 11) is 0. The van der Waals surface area contributed by atoms with Crippen molar-refractivity contribution in [3.63, 3.8) is 0 Å². The van der Waals surface area contributed by atoms with E-state index < -0.39 is 12.0 Å². The minimum Gasteiger partial charge on any atom is -0.480 e. The number of rotatable bonds is 9. The monoisotopic (exact) mass is 304 g/mol. The van der Waals surface area contributed by atoms with Crippen molar-refractivity contribution in [3.05, 3.63) is 0 Å². The van der Waals surface area contributed by atoms with Gasteiger partial charge in [-0.05, 0) is 44.4 Å². The largest absolute Gasteiger partial charge is 0.480 e. The summed E-state index contributed by atoms with van der Waals surface area (Å²) in [5, 5.41) is 14.8. The molecule has 1 rings (SSSR count). The normalized spacial score (nSPS) is 17.6. The standard InChI is InChI=1S/C13H24N2O4S/c1-20-9-5-11(13(17)18)15-12(16)4-8-19-10-2-6-14-7-3-10/h10-11,14H,2-9H2,1H3,(H,15,16)(H,17,18)/t11-/m0/s1. The van der Waals surface area contributed by atoms with Crippen LogP contribution in [0.2, 0.25) is 0 Å². The van der Waals surface area contributed by atoms with E-state index in [2.05, 4.69) is 10.6 Å². The summed E-state index contributed by atoms with van der Waals surface area (Å²) in [6.45, 7) is 2.25. The van der Waals surface area contributed by atoms with E-state index in [0.29, 0.717) is 18.8 Å². The second-order valence-corrected chi connectivity index (χ2v) is 5.80. The molecule has 0 aromatic rings. The van der Waals surface area contributed by atoms with Gasteiger partial charge in [-0.25, -0.2) is 4.79 Å². The molecule has 1 saturated heterocycles. The van der Waals surface area contributed by atoms with Gasteiger partial charge in [0.2, 0.25) is 5.91 Å². The van der Waals surface area contributed by atoms with E-state index in [1.807, 2.05) is 6.26 Å². The van der Waals surface area contributed by atoms with E-state index in [9.17, 15) is 9.59 Å². The minimum atomic E-state index is -0.980. The van der Waals surface area contributed by atoms with Crippen LogP contribution in [0.4, 0.5) is 0 Å². The van der Waals surface area contributed by atoms with Gasteiger partial charge < -0.3 is 20.5 Å². The van der Waals surface area contributed by atoms with Gasteiger partial charge in [-0.15, -0.1) is 0 Å². The number of carboxylic acid groups (broad SMARTS) is 1. The molecule has 1 atom stereocenters. The van der Waals surface area contributed by atoms with E-state index >= 15 is 0 Å². The van der Waals surface area contributed by atoms with Gasteiger partial charge in [0.15, 0.2) is 0 Å². The van der Waals surface area contributed by atoms with Crippen molar-refractivity contribution in [2.24, 2.45) is 0 Å². The van der Waals surface area contributed by atoms with Crippen molar-refractivity contribution in [1.82, 2.24) is 10.6 Å². The predicted molar refractivity (Wildman–Crippen MR) is 79.0 cm³/mol. The van der Waals surface area contributed by atoms with Crippen molar-refractivity contribution in [1.29, 1.82) is 0 Å². The van der Waals surface area contributed by atoms with Gasteiger partial charge in [0.05, 0.1) is 12.7 Å². The number of piperidine rings is 1. The first kappa shape index (κ1) is 17.3. The highest BCUT2D eigenvalue weighted by atomic mass is 32.2. The molecule has 1 aliphatic heterocycles. The first-order valence-corrected chi connectivity index (χ1v) is 8.36. The third-order valence-electron chi connectivity index (χ3n) is 3.21. The van der Waals surface area contributed by atoms with Crippen molar-refractivity contribution in [2.75, 3.05) is 31.7 Å². The Morgan fingerprint density at radius 3 is 2.75 bits per heavy atom. The van der Waals surface area contributed by atoms with Crippen LogP contribution in [0.1, 0.15) is 25.7 Å². The molecule has 1 heterocycles. The van der Waals surface area contributed by atoms with E-state index in [1.165, 1.54) is 0 Å². The topological polar surface area (TPSA) is 87.7 Å². The number of nitrogens with one attached hydrogen (secondary N) is 2. The van der Waals surface area contributed by atoms with Crippen LogP contribution in [-0.4, -0.2) is 60.8 Å². The molecule has 1 aliphatic rings. The maximum absolute atomic E-state index is 11.7. The lowest BCUT2D eigenvalue weighted by molar-refractivity contribution is -0.142.